The van der Waals surface area contributed by atoms with E-state index < -0.39 is 0 Å². The Morgan fingerprint density at radius 3 is 2.68 bits per heavy atom. The molecule has 0 saturated carbocycles. The van der Waals surface area contributed by atoms with Crippen molar-refractivity contribution in [1.29, 1.82) is 0 Å². The number of anilines is 1. The van der Waals surface area contributed by atoms with Crippen molar-refractivity contribution in [1.82, 2.24) is 5.32 Å². The molecule has 1 heterocycles. The minimum absolute atomic E-state index is 0. The molecule has 1 saturated heterocycles. The van der Waals surface area contributed by atoms with E-state index in [1.54, 1.807) is 11.8 Å². The Bertz CT molecular complexity index is 462. The molecule has 22 heavy (non-hydrogen) atoms. The highest BCUT2D eigenvalue weighted by Crippen LogP contribution is 2.30. The second-order valence-electron chi connectivity index (χ2n) is 5.94. The van der Waals surface area contributed by atoms with Crippen molar-refractivity contribution in [2.75, 3.05) is 18.4 Å². The molecule has 0 radical (unpaired) electrons. The average molecular weight is 343 g/mol. The van der Waals surface area contributed by atoms with E-state index in [9.17, 15) is 4.79 Å². The molecule has 0 atom stereocenters. The van der Waals surface area contributed by atoms with Gasteiger partial charge in [0.15, 0.2) is 0 Å². The van der Waals surface area contributed by atoms with Gasteiger partial charge in [0.25, 0.3) is 0 Å². The molecule has 1 amide bonds. The zero-order chi connectivity index (χ0) is 15.1. The van der Waals surface area contributed by atoms with Crippen LogP contribution in [0.25, 0.3) is 0 Å². The Labute approximate surface area is 144 Å². The number of benzene rings is 1. The molecule has 0 aliphatic carbocycles. The van der Waals surface area contributed by atoms with Crippen LogP contribution < -0.4 is 10.6 Å². The second-order valence-corrected chi connectivity index (χ2v) is 7.56. The summed E-state index contributed by atoms with van der Waals surface area (Å²) in [5.41, 5.74) is 0.950. The van der Waals surface area contributed by atoms with Crippen LogP contribution in [0.4, 0.5) is 5.69 Å². The summed E-state index contributed by atoms with van der Waals surface area (Å²) in [5, 5.41) is 6.96. The van der Waals surface area contributed by atoms with Gasteiger partial charge in [-0.2, -0.15) is 0 Å². The number of nitrogens with one attached hydrogen (secondary N) is 2. The van der Waals surface area contributed by atoms with Gasteiger partial charge in [0.1, 0.15) is 0 Å². The molecule has 2 rings (SSSR count). The van der Waals surface area contributed by atoms with Crippen LogP contribution >= 0.6 is 24.2 Å². The number of piperidine rings is 1. The maximum absolute atomic E-state index is 12.2. The third-order valence-corrected chi connectivity index (χ3v) is 4.84. The number of hydrogen-bond donors (Lipinski definition) is 2. The van der Waals surface area contributed by atoms with Gasteiger partial charge in [0.05, 0.1) is 5.69 Å². The van der Waals surface area contributed by atoms with Crippen LogP contribution in [0, 0.1) is 5.92 Å². The first-order valence-electron chi connectivity index (χ1n) is 7.91. The number of thioether (sulfide) groups is 1. The number of hydrogen-bond acceptors (Lipinski definition) is 3. The highest BCUT2D eigenvalue weighted by molar-refractivity contribution is 8.00. The van der Waals surface area contributed by atoms with Crippen LogP contribution in [0.1, 0.15) is 39.5 Å². The summed E-state index contributed by atoms with van der Waals surface area (Å²) in [4.78, 5) is 13.3. The van der Waals surface area contributed by atoms with Crippen LogP contribution in [0.2, 0.25) is 0 Å². The standard InChI is InChI=1S/C17H26N2OS.ClH/c1-13(2)21-16-6-4-3-5-15(16)19-17(20)8-7-14-9-11-18-12-10-14;/h3-6,13-14,18H,7-12H2,1-2H3,(H,19,20);1H. The van der Waals surface area contributed by atoms with Gasteiger partial charge in [0, 0.05) is 16.6 Å². The monoisotopic (exact) mass is 342 g/mol. The van der Waals surface area contributed by atoms with E-state index in [0.29, 0.717) is 17.6 Å². The first-order chi connectivity index (χ1) is 10.1. The third kappa shape index (κ3) is 6.59. The minimum atomic E-state index is 0. The van der Waals surface area contributed by atoms with E-state index in [2.05, 4.69) is 30.5 Å². The van der Waals surface area contributed by atoms with Crippen LogP contribution in [0.15, 0.2) is 29.2 Å². The van der Waals surface area contributed by atoms with Gasteiger partial charge in [-0.05, 0) is 50.4 Å². The molecule has 2 N–H and O–H groups in total. The van der Waals surface area contributed by atoms with Gasteiger partial charge in [-0.25, -0.2) is 0 Å². The van der Waals surface area contributed by atoms with E-state index >= 15 is 0 Å². The van der Waals surface area contributed by atoms with Crippen LogP contribution in [0.3, 0.4) is 0 Å². The predicted octanol–water partition coefficient (Wildman–Crippen LogP) is 4.33. The molecule has 5 heteroatoms. The zero-order valence-electron chi connectivity index (χ0n) is 13.4. The van der Waals surface area contributed by atoms with Gasteiger partial charge in [-0.1, -0.05) is 26.0 Å². The maximum atomic E-state index is 12.2. The lowest BCUT2D eigenvalue weighted by Gasteiger charge is -2.22. The normalized spacial score (nSPS) is 15.4. The number of rotatable bonds is 6. The minimum Gasteiger partial charge on any atom is -0.325 e. The van der Waals surface area contributed by atoms with Crippen molar-refractivity contribution in [3.63, 3.8) is 0 Å². The summed E-state index contributed by atoms with van der Waals surface area (Å²) in [6.45, 7) is 6.53. The van der Waals surface area contributed by atoms with Crippen LogP contribution in [-0.2, 0) is 4.79 Å². The van der Waals surface area contributed by atoms with Gasteiger partial charge < -0.3 is 10.6 Å². The lowest BCUT2D eigenvalue weighted by atomic mass is 9.93. The number of carbonyl (C=O) groups is 1. The second kappa shape index (κ2) is 10.1. The first-order valence-corrected chi connectivity index (χ1v) is 8.79. The lowest BCUT2D eigenvalue weighted by molar-refractivity contribution is -0.116. The topological polar surface area (TPSA) is 41.1 Å². The zero-order valence-corrected chi connectivity index (χ0v) is 15.1. The van der Waals surface area contributed by atoms with Crippen LogP contribution in [-0.4, -0.2) is 24.2 Å². The van der Waals surface area contributed by atoms with Gasteiger partial charge in [-0.3, -0.25) is 4.79 Å². The molecule has 1 aliphatic heterocycles. The van der Waals surface area contributed by atoms with Gasteiger partial charge in [0.2, 0.25) is 5.91 Å². The fraction of sp³-hybridized carbons (Fsp3) is 0.588. The largest absolute Gasteiger partial charge is 0.325 e. The molecular formula is C17H27ClN2OS. The van der Waals surface area contributed by atoms with Gasteiger partial charge >= 0.3 is 0 Å². The Morgan fingerprint density at radius 1 is 1.32 bits per heavy atom. The molecular weight excluding hydrogens is 316 g/mol. The number of para-hydroxylation sites is 1. The molecule has 0 bridgehead atoms. The van der Waals surface area contributed by atoms with Crippen molar-refractivity contribution in [3.05, 3.63) is 24.3 Å². The molecule has 124 valence electrons. The summed E-state index contributed by atoms with van der Waals surface area (Å²) in [6.07, 6.45) is 4.04. The molecule has 1 aromatic rings. The molecule has 1 fully saturated rings. The highest BCUT2D eigenvalue weighted by atomic mass is 35.5. The van der Waals surface area contributed by atoms with Crippen molar-refractivity contribution in [2.24, 2.45) is 5.92 Å². The van der Waals surface area contributed by atoms with E-state index in [4.69, 9.17) is 0 Å². The molecule has 0 aromatic heterocycles. The van der Waals surface area contributed by atoms with E-state index in [-0.39, 0.29) is 18.3 Å². The quantitative estimate of drug-likeness (QED) is 0.756. The summed E-state index contributed by atoms with van der Waals surface area (Å²) >= 11 is 1.79. The number of halogens is 1. The lowest BCUT2D eigenvalue weighted by Crippen LogP contribution is -2.28. The summed E-state index contributed by atoms with van der Waals surface area (Å²) in [5.74, 6) is 0.850. The smallest absolute Gasteiger partial charge is 0.224 e. The summed E-state index contributed by atoms with van der Waals surface area (Å²) in [7, 11) is 0. The molecule has 1 aromatic carbocycles. The van der Waals surface area contributed by atoms with E-state index in [1.807, 2.05) is 18.2 Å². The average Bonchev–Trinajstić information content (AvgIpc) is 2.48. The van der Waals surface area contributed by atoms with Crippen molar-refractivity contribution >= 4 is 35.8 Å². The summed E-state index contributed by atoms with van der Waals surface area (Å²) in [6, 6.07) is 8.07. The predicted molar refractivity (Wildman–Crippen MR) is 98.1 cm³/mol. The fourth-order valence-electron chi connectivity index (χ4n) is 2.64. The van der Waals surface area contributed by atoms with Crippen molar-refractivity contribution in [2.45, 2.75) is 49.7 Å². The highest BCUT2D eigenvalue weighted by Gasteiger charge is 2.15. The van der Waals surface area contributed by atoms with Gasteiger partial charge in [-0.15, -0.1) is 24.2 Å². The fourth-order valence-corrected chi connectivity index (χ4v) is 3.56. The Balaban J connectivity index is 0.00000242. The van der Waals surface area contributed by atoms with E-state index in [0.717, 1.165) is 30.1 Å². The van der Waals surface area contributed by atoms with Crippen molar-refractivity contribution in [3.8, 4) is 0 Å². The third-order valence-electron chi connectivity index (χ3n) is 3.76. The first kappa shape index (κ1) is 19.3. The molecule has 0 spiro atoms. The molecule has 0 unspecified atom stereocenters. The molecule has 3 nitrogen and oxygen atoms in total. The number of amides is 1. The Hall–Kier alpha value is -0.710. The Kier molecular flexibility index (Phi) is 8.91. The summed E-state index contributed by atoms with van der Waals surface area (Å²) < 4.78 is 0. The Morgan fingerprint density at radius 2 is 2.00 bits per heavy atom. The SMILES string of the molecule is CC(C)Sc1ccccc1NC(=O)CCC1CCNCC1.Cl. The number of carbonyl (C=O) groups excluding carboxylic acids is 1. The molecule has 1 aliphatic rings. The maximum Gasteiger partial charge on any atom is 0.224 e. The van der Waals surface area contributed by atoms with Crippen LogP contribution in [0.5, 0.6) is 0 Å². The van der Waals surface area contributed by atoms with E-state index in [1.165, 1.54) is 12.8 Å². The van der Waals surface area contributed by atoms with Crippen molar-refractivity contribution < 1.29 is 4.79 Å².